The van der Waals surface area contributed by atoms with Gasteiger partial charge < -0.3 is 20.1 Å². The Hall–Kier alpha value is -3.29. The van der Waals surface area contributed by atoms with Crippen molar-refractivity contribution < 1.29 is 19.2 Å². The van der Waals surface area contributed by atoms with E-state index in [2.05, 4.69) is 10.6 Å². The zero-order valence-corrected chi connectivity index (χ0v) is 13.9. The molecule has 0 atom stereocenters. The SMILES string of the molecule is COc1ccc(CCNC(=O)Nc2ccc([N+](=O)[O-])cc2OC)cc1. The number of carbonyl (C=O) groups excluding carboxylic acids is 1. The summed E-state index contributed by atoms with van der Waals surface area (Å²) in [5.74, 6) is 0.999. The van der Waals surface area contributed by atoms with Crippen LogP contribution >= 0.6 is 0 Å². The molecule has 2 aromatic rings. The van der Waals surface area contributed by atoms with Crippen LogP contribution in [0.3, 0.4) is 0 Å². The van der Waals surface area contributed by atoms with Gasteiger partial charge in [0.15, 0.2) is 0 Å². The van der Waals surface area contributed by atoms with Crippen LogP contribution in [0.5, 0.6) is 11.5 Å². The molecule has 2 N–H and O–H groups in total. The lowest BCUT2D eigenvalue weighted by molar-refractivity contribution is -0.384. The van der Waals surface area contributed by atoms with Crippen molar-refractivity contribution in [1.29, 1.82) is 0 Å². The average molecular weight is 345 g/mol. The first-order valence-corrected chi connectivity index (χ1v) is 7.53. The Bertz CT molecular complexity index is 746. The molecule has 0 aliphatic rings. The lowest BCUT2D eigenvalue weighted by Crippen LogP contribution is -2.30. The first kappa shape index (κ1) is 18.1. The largest absolute Gasteiger partial charge is 0.497 e. The highest BCUT2D eigenvalue weighted by molar-refractivity contribution is 5.91. The predicted molar refractivity (Wildman–Crippen MR) is 93.4 cm³/mol. The molecule has 0 saturated carbocycles. The van der Waals surface area contributed by atoms with E-state index in [-0.39, 0.29) is 11.4 Å². The maximum atomic E-state index is 12.0. The van der Waals surface area contributed by atoms with Gasteiger partial charge in [0.05, 0.1) is 30.9 Å². The van der Waals surface area contributed by atoms with Crippen LogP contribution in [0.1, 0.15) is 5.56 Å². The summed E-state index contributed by atoms with van der Waals surface area (Å²) in [6, 6.07) is 11.1. The predicted octanol–water partition coefficient (Wildman–Crippen LogP) is 2.98. The first-order valence-electron chi connectivity index (χ1n) is 7.53. The Morgan fingerprint density at radius 2 is 1.84 bits per heavy atom. The minimum absolute atomic E-state index is 0.109. The summed E-state index contributed by atoms with van der Waals surface area (Å²) in [6.45, 7) is 0.438. The maximum absolute atomic E-state index is 12.0. The van der Waals surface area contributed by atoms with Crippen LogP contribution in [0.4, 0.5) is 16.2 Å². The topological polar surface area (TPSA) is 103 Å². The number of nitrogens with zero attached hydrogens (tertiary/aromatic N) is 1. The zero-order chi connectivity index (χ0) is 18.2. The van der Waals surface area contributed by atoms with E-state index in [9.17, 15) is 14.9 Å². The average Bonchev–Trinajstić information content (AvgIpc) is 2.62. The van der Waals surface area contributed by atoms with Gasteiger partial charge in [0.2, 0.25) is 0 Å². The summed E-state index contributed by atoms with van der Waals surface area (Å²) in [4.78, 5) is 22.2. The second-order valence-corrected chi connectivity index (χ2v) is 5.12. The molecule has 2 amide bonds. The number of carbonyl (C=O) groups is 1. The quantitative estimate of drug-likeness (QED) is 0.593. The maximum Gasteiger partial charge on any atom is 0.319 e. The molecular weight excluding hydrogens is 326 g/mol. The lowest BCUT2D eigenvalue weighted by atomic mass is 10.1. The number of hydrogen-bond donors (Lipinski definition) is 2. The summed E-state index contributed by atoms with van der Waals surface area (Å²) < 4.78 is 10.2. The van der Waals surface area contributed by atoms with E-state index in [4.69, 9.17) is 9.47 Å². The number of rotatable bonds is 7. The molecule has 0 saturated heterocycles. The molecule has 8 heteroatoms. The Balaban J connectivity index is 1.88. The number of methoxy groups -OCH3 is 2. The van der Waals surface area contributed by atoms with E-state index in [0.717, 1.165) is 11.3 Å². The molecule has 0 aliphatic heterocycles. The number of nitrogens with one attached hydrogen (secondary N) is 2. The van der Waals surface area contributed by atoms with Gasteiger partial charge in [0.1, 0.15) is 11.5 Å². The molecule has 25 heavy (non-hydrogen) atoms. The van der Waals surface area contributed by atoms with E-state index < -0.39 is 11.0 Å². The third-order valence-corrected chi connectivity index (χ3v) is 3.50. The molecule has 2 rings (SSSR count). The summed E-state index contributed by atoms with van der Waals surface area (Å²) in [6.07, 6.45) is 0.662. The number of benzene rings is 2. The van der Waals surface area contributed by atoms with Crippen LogP contribution in [0.25, 0.3) is 0 Å². The fourth-order valence-corrected chi connectivity index (χ4v) is 2.18. The minimum Gasteiger partial charge on any atom is -0.497 e. The fourth-order valence-electron chi connectivity index (χ4n) is 2.18. The number of nitro benzene ring substituents is 1. The van der Waals surface area contributed by atoms with Gasteiger partial charge in [0, 0.05) is 12.6 Å². The van der Waals surface area contributed by atoms with Crippen molar-refractivity contribution in [2.45, 2.75) is 6.42 Å². The zero-order valence-electron chi connectivity index (χ0n) is 13.9. The van der Waals surface area contributed by atoms with Gasteiger partial charge in [-0.05, 0) is 30.2 Å². The van der Waals surface area contributed by atoms with Crippen LogP contribution in [-0.2, 0) is 6.42 Å². The number of hydrogen-bond acceptors (Lipinski definition) is 5. The molecule has 0 aliphatic carbocycles. The number of non-ortho nitro benzene ring substituents is 1. The number of anilines is 1. The van der Waals surface area contributed by atoms with Crippen molar-refractivity contribution in [2.24, 2.45) is 0 Å². The molecule has 0 aromatic heterocycles. The highest BCUT2D eigenvalue weighted by Gasteiger charge is 2.13. The van der Waals surface area contributed by atoms with Gasteiger partial charge in [-0.3, -0.25) is 10.1 Å². The summed E-state index contributed by atoms with van der Waals surface area (Å²) >= 11 is 0. The summed E-state index contributed by atoms with van der Waals surface area (Å²) in [7, 11) is 2.99. The van der Waals surface area contributed by atoms with Crippen LogP contribution in [-0.4, -0.2) is 31.7 Å². The third kappa shape index (κ3) is 5.10. The number of nitro groups is 1. The number of ether oxygens (including phenoxy) is 2. The van der Waals surface area contributed by atoms with Gasteiger partial charge in [0.25, 0.3) is 5.69 Å². The van der Waals surface area contributed by atoms with Crippen LogP contribution in [0.2, 0.25) is 0 Å². The minimum atomic E-state index is -0.527. The van der Waals surface area contributed by atoms with Gasteiger partial charge in [-0.2, -0.15) is 0 Å². The molecule has 2 aromatic carbocycles. The second-order valence-electron chi connectivity index (χ2n) is 5.12. The lowest BCUT2D eigenvalue weighted by Gasteiger charge is -2.11. The van der Waals surface area contributed by atoms with Crippen molar-refractivity contribution in [2.75, 3.05) is 26.1 Å². The molecule has 132 valence electrons. The standard InChI is InChI=1S/C17H19N3O5/c1-24-14-6-3-12(4-7-14)9-10-18-17(21)19-15-8-5-13(20(22)23)11-16(15)25-2/h3-8,11H,9-10H2,1-2H3,(H2,18,19,21). The fraction of sp³-hybridized carbons (Fsp3) is 0.235. The van der Waals surface area contributed by atoms with Crippen molar-refractivity contribution in [1.82, 2.24) is 5.32 Å². The monoisotopic (exact) mass is 345 g/mol. The Kier molecular flexibility index (Phi) is 6.16. The smallest absolute Gasteiger partial charge is 0.319 e. The molecule has 0 heterocycles. The van der Waals surface area contributed by atoms with Crippen molar-refractivity contribution in [3.05, 3.63) is 58.1 Å². The van der Waals surface area contributed by atoms with Gasteiger partial charge in [-0.25, -0.2) is 4.79 Å². The van der Waals surface area contributed by atoms with Crippen molar-refractivity contribution in [3.8, 4) is 11.5 Å². The van der Waals surface area contributed by atoms with E-state index in [1.54, 1.807) is 7.11 Å². The van der Waals surface area contributed by atoms with E-state index in [1.807, 2.05) is 24.3 Å². The van der Waals surface area contributed by atoms with Crippen LogP contribution in [0.15, 0.2) is 42.5 Å². The summed E-state index contributed by atoms with van der Waals surface area (Å²) in [5.41, 5.74) is 1.31. The van der Waals surface area contributed by atoms with Gasteiger partial charge >= 0.3 is 6.03 Å². The third-order valence-electron chi connectivity index (χ3n) is 3.50. The van der Waals surface area contributed by atoms with Gasteiger partial charge in [-0.1, -0.05) is 12.1 Å². The molecule has 0 fully saturated rings. The van der Waals surface area contributed by atoms with E-state index in [1.165, 1.54) is 25.3 Å². The molecule has 0 spiro atoms. The summed E-state index contributed by atoms with van der Waals surface area (Å²) in [5, 5.41) is 16.1. The van der Waals surface area contributed by atoms with Crippen LogP contribution in [0, 0.1) is 10.1 Å². The number of amides is 2. The highest BCUT2D eigenvalue weighted by atomic mass is 16.6. The van der Waals surface area contributed by atoms with E-state index >= 15 is 0 Å². The Morgan fingerprint density at radius 1 is 1.12 bits per heavy atom. The molecule has 0 radical (unpaired) electrons. The van der Waals surface area contributed by atoms with Crippen molar-refractivity contribution >= 4 is 17.4 Å². The van der Waals surface area contributed by atoms with Crippen molar-refractivity contribution in [3.63, 3.8) is 0 Å². The Morgan fingerprint density at radius 3 is 2.44 bits per heavy atom. The number of urea groups is 1. The molecule has 8 nitrogen and oxygen atoms in total. The highest BCUT2D eigenvalue weighted by Crippen LogP contribution is 2.28. The molecule has 0 bridgehead atoms. The molecular formula is C17H19N3O5. The van der Waals surface area contributed by atoms with E-state index in [0.29, 0.717) is 18.7 Å². The first-order chi connectivity index (χ1) is 12.0. The van der Waals surface area contributed by atoms with Crippen LogP contribution < -0.4 is 20.1 Å². The second kappa shape index (κ2) is 8.53. The van der Waals surface area contributed by atoms with Gasteiger partial charge in [-0.15, -0.1) is 0 Å². The Labute approximate surface area is 144 Å². The molecule has 0 unspecified atom stereocenters. The normalized spacial score (nSPS) is 10.0.